The van der Waals surface area contributed by atoms with Crippen molar-refractivity contribution in [2.45, 2.75) is 31.8 Å². The van der Waals surface area contributed by atoms with Gasteiger partial charge in [0.1, 0.15) is 0 Å². The van der Waals surface area contributed by atoms with E-state index in [2.05, 4.69) is 22.8 Å². The van der Waals surface area contributed by atoms with Crippen LogP contribution in [0.2, 0.25) is 0 Å². The van der Waals surface area contributed by atoms with Crippen LogP contribution in [0.1, 0.15) is 24.0 Å². The number of rotatable bonds is 3. The van der Waals surface area contributed by atoms with E-state index in [1.165, 1.54) is 11.1 Å². The lowest BCUT2D eigenvalue weighted by Gasteiger charge is -2.27. The Balaban J connectivity index is 1.51. The number of benzene rings is 1. The predicted molar refractivity (Wildman–Crippen MR) is 77.3 cm³/mol. The van der Waals surface area contributed by atoms with E-state index in [-0.39, 0.29) is 11.9 Å². The van der Waals surface area contributed by atoms with Crippen LogP contribution in [0.25, 0.3) is 0 Å². The monoisotopic (exact) mass is 274 g/mol. The van der Waals surface area contributed by atoms with Gasteiger partial charge in [-0.25, -0.2) is 0 Å². The van der Waals surface area contributed by atoms with Crippen LogP contribution in [-0.4, -0.2) is 31.7 Å². The molecular formula is C16H22N2O2. The summed E-state index contributed by atoms with van der Waals surface area (Å²) in [6, 6.07) is 8.22. The molecule has 20 heavy (non-hydrogen) atoms. The van der Waals surface area contributed by atoms with Crippen molar-refractivity contribution < 1.29 is 9.53 Å². The Morgan fingerprint density at radius 3 is 3.00 bits per heavy atom. The molecule has 0 saturated carbocycles. The van der Waals surface area contributed by atoms with E-state index in [1.807, 2.05) is 12.1 Å². The van der Waals surface area contributed by atoms with Crippen molar-refractivity contribution in [2.75, 3.05) is 19.8 Å². The Morgan fingerprint density at radius 1 is 1.35 bits per heavy atom. The molecule has 2 unspecified atom stereocenters. The van der Waals surface area contributed by atoms with Gasteiger partial charge in [-0.2, -0.15) is 0 Å². The molecule has 0 bridgehead atoms. The maximum Gasteiger partial charge on any atom is 0.237 e. The van der Waals surface area contributed by atoms with Crippen molar-refractivity contribution in [1.29, 1.82) is 0 Å². The second kappa shape index (κ2) is 6.37. The van der Waals surface area contributed by atoms with Gasteiger partial charge in [-0.1, -0.05) is 24.3 Å². The van der Waals surface area contributed by atoms with Crippen molar-refractivity contribution in [1.82, 2.24) is 10.6 Å². The quantitative estimate of drug-likeness (QED) is 0.872. The van der Waals surface area contributed by atoms with Crippen LogP contribution in [0, 0.1) is 5.92 Å². The van der Waals surface area contributed by atoms with Crippen molar-refractivity contribution in [2.24, 2.45) is 5.92 Å². The van der Waals surface area contributed by atoms with E-state index >= 15 is 0 Å². The molecule has 108 valence electrons. The fourth-order valence-corrected chi connectivity index (χ4v) is 2.98. The molecule has 4 heteroatoms. The first kappa shape index (κ1) is 13.6. The van der Waals surface area contributed by atoms with Gasteiger partial charge in [-0.05, 0) is 36.3 Å². The zero-order chi connectivity index (χ0) is 13.8. The number of nitrogens with one attached hydrogen (secondary N) is 2. The number of fused-ring (bicyclic) bond motifs is 1. The molecular weight excluding hydrogens is 252 g/mol. The van der Waals surface area contributed by atoms with Crippen LogP contribution in [0.5, 0.6) is 0 Å². The van der Waals surface area contributed by atoms with Gasteiger partial charge in [-0.3, -0.25) is 4.79 Å². The minimum atomic E-state index is -0.102. The predicted octanol–water partition coefficient (Wildman–Crippen LogP) is 1.24. The van der Waals surface area contributed by atoms with Crippen molar-refractivity contribution in [3.05, 3.63) is 35.4 Å². The number of carbonyl (C=O) groups is 1. The van der Waals surface area contributed by atoms with E-state index in [9.17, 15) is 4.79 Å². The molecule has 2 atom stereocenters. The fraction of sp³-hybridized carbons (Fsp3) is 0.562. The Hall–Kier alpha value is -1.39. The summed E-state index contributed by atoms with van der Waals surface area (Å²) in [7, 11) is 0. The fourth-order valence-electron chi connectivity index (χ4n) is 2.98. The van der Waals surface area contributed by atoms with Crippen molar-refractivity contribution in [3.8, 4) is 0 Å². The Labute approximate surface area is 119 Å². The van der Waals surface area contributed by atoms with E-state index < -0.39 is 0 Å². The summed E-state index contributed by atoms with van der Waals surface area (Å²) >= 11 is 0. The SMILES string of the molecule is O=C(NCC1CCCOC1)C1Cc2ccccc2CN1. The van der Waals surface area contributed by atoms with E-state index in [0.29, 0.717) is 5.92 Å². The standard InChI is InChI=1S/C16H22N2O2/c19-16(18-9-12-4-3-7-20-11-12)15-8-13-5-1-2-6-14(13)10-17-15/h1-2,5-6,12,15,17H,3-4,7-11H2,(H,18,19). The number of hydrogen-bond donors (Lipinski definition) is 2. The third-order valence-electron chi connectivity index (χ3n) is 4.22. The van der Waals surface area contributed by atoms with E-state index in [0.717, 1.165) is 45.6 Å². The summed E-state index contributed by atoms with van der Waals surface area (Å²) in [6.07, 6.45) is 3.04. The van der Waals surface area contributed by atoms with Crippen molar-refractivity contribution >= 4 is 5.91 Å². The van der Waals surface area contributed by atoms with Gasteiger partial charge in [-0.15, -0.1) is 0 Å². The third-order valence-corrected chi connectivity index (χ3v) is 4.22. The number of ether oxygens (including phenoxy) is 1. The molecule has 1 fully saturated rings. The van der Waals surface area contributed by atoms with Gasteiger partial charge in [0.25, 0.3) is 0 Å². The lowest BCUT2D eigenvalue weighted by molar-refractivity contribution is -0.123. The van der Waals surface area contributed by atoms with Gasteiger partial charge in [0, 0.05) is 19.7 Å². The topological polar surface area (TPSA) is 50.4 Å². The average Bonchev–Trinajstić information content (AvgIpc) is 2.53. The second-order valence-electron chi connectivity index (χ2n) is 5.73. The minimum Gasteiger partial charge on any atom is -0.381 e. The van der Waals surface area contributed by atoms with Gasteiger partial charge >= 0.3 is 0 Å². The highest BCUT2D eigenvalue weighted by molar-refractivity contribution is 5.82. The van der Waals surface area contributed by atoms with E-state index in [1.54, 1.807) is 0 Å². The molecule has 2 N–H and O–H groups in total. The molecule has 0 radical (unpaired) electrons. The van der Waals surface area contributed by atoms with Crippen LogP contribution in [0.3, 0.4) is 0 Å². The lowest BCUT2D eigenvalue weighted by atomic mass is 9.95. The molecule has 1 aromatic rings. The molecule has 2 aliphatic rings. The Kier molecular flexibility index (Phi) is 4.33. The highest BCUT2D eigenvalue weighted by atomic mass is 16.5. The van der Waals surface area contributed by atoms with Gasteiger partial charge in [0.05, 0.1) is 12.6 Å². The first-order valence-corrected chi connectivity index (χ1v) is 7.48. The van der Waals surface area contributed by atoms with Crippen molar-refractivity contribution in [3.63, 3.8) is 0 Å². The Morgan fingerprint density at radius 2 is 2.20 bits per heavy atom. The van der Waals surface area contributed by atoms with Gasteiger partial charge in [0.2, 0.25) is 5.91 Å². The Bertz CT molecular complexity index is 469. The normalized spacial score (nSPS) is 25.8. The lowest BCUT2D eigenvalue weighted by Crippen LogP contribution is -2.49. The summed E-state index contributed by atoms with van der Waals surface area (Å²) in [5, 5.41) is 6.39. The largest absolute Gasteiger partial charge is 0.381 e. The molecule has 1 saturated heterocycles. The molecule has 4 nitrogen and oxygen atoms in total. The summed E-state index contributed by atoms with van der Waals surface area (Å²) in [6.45, 7) is 3.16. The molecule has 3 rings (SSSR count). The minimum absolute atomic E-state index is 0.102. The van der Waals surface area contributed by atoms with E-state index in [4.69, 9.17) is 4.74 Å². The maximum atomic E-state index is 12.2. The summed E-state index contributed by atoms with van der Waals surface area (Å²) in [5.41, 5.74) is 2.59. The second-order valence-corrected chi connectivity index (χ2v) is 5.73. The smallest absolute Gasteiger partial charge is 0.237 e. The zero-order valence-electron chi connectivity index (χ0n) is 11.7. The number of amides is 1. The molecule has 0 aliphatic carbocycles. The van der Waals surface area contributed by atoms with Crippen LogP contribution in [-0.2, 0) is 22.5 Å². The molecule has 1 aromatic carbocycles. The first-order chi connectivity index (χ1) is 9.83. The van der Waals surface area contributed by atoms with Crippen LogP contribution < -0.4 is 10.6 Å². The molecule has 2 heterocycles. The molecule has 0 aromatic heterocycles. The van der Waals surface area contributed by atoms with Crippen LogP contribution >= 0.6 is 0 Å². The highest BCUT2D eigenvalue weighted by Gasteiger charge is 2.24. The molecule has 1 amide bonds. The van der Waals surface area contributed by atoms with Crippen LogP contribution in [0.4, 0.5) is 0 Å². The van der Waals surface area contributed by atoms with Gasteiger partial charge < -0.3 is 15.4 Å². The van der Waals surface area contributed by atoms with Gasteiger partial charge in [0.15, 0.2) is 0 Å². The summed E-state index contributed by atoms with van der Waals surface area (Å²) in [4.78, 5) is 12.2. The summed E-state index contributed by atoms with van der Waals surface area (Å²) < 4.78 is 5.44. The molecule has 0 spiro atoms. The summed E-state index contributed by atoms with van der Waals surface area (Å²) in [5.74, 6) is 0.591. The zero-order valence-corrected chi connectivity index (χ0v) is 11.7. The molecule has 2 aliphatic heterocycles. The highest BCUT2D eigenvalue weighted by Crippen LogP contribution is 2.17. The number of hydrogen-bond acceptors (Lipinski definition) is 3. The third kappa shape index (κ3) is 3.19. The first-order valence-electron chi connectivity index (χ1n) is 7.48. The van der Waals surface area contributed by atoms with Crippen LogP contribution in [0.15, 0.2) is 24.3 Å². The maximum absolute atomic E-state index is 12.2. The average molecular weight is 274 g/mol. The number of carbonyl (C=O) groups excluding carboxylic acids is 1.